The van der Waals surface area contributed by atoms with Crippen molar-refractivity contribution < 1.29 is 14.4 Å². The Morgan fingerprint density at radius 3 is 2.29 bits per heavy atom. The van der Waals surface area contributed by atoms with Gasteiger partial charge in [0.15, 0.2) is 0 Å². The van der Waals surface area contributed by atoms with Crippen LogP contribution in [0.1, 0.15) is 61.5 Å². The number of aryl methyl sites for hydroxylation is 2. The van der Waals surface area contributed by atoms with E-state index in [9.17, 15) is 14.4 Å². The second-order valence-electron chi connectivity index (χ2n) is 8.81. The summed E-state index contributed by atoms with van der Waals surface area (Å²) in [5.41, 5.74) is 3.97. The highest BCUT2D eigenvalue weighted by molar-refractivity contribution is 6.22. The number of nitrogens with zero attached hydrogens (tertiary/aromatic N) is 1. The lowest BCUT2D eigenvalue weighted by Gasteiger charge is -2.25. The second-order valence-corrected chi connectivity index (χ2v) is 8.81. The molecule has 0 radical (unpaired) electrons. The predicted molar refractivity (Wildman–Crippen MR) is 122 cm³/mol. The van der Waals surface area contributed by atoms with Gasteiger partial charge in [-0.15, -0.1) is 0 Å². The lowest BCUT2D eigenvalue weighted by atomic mass is 9.76. The molecule has 2 fully saturated rings. The summed E-state index contributed by atoms with van der Waals surface area (Å²) in [7, 11) is 0. The van der Waals surface area contributed by atoms with Gasteiger partial charge in [-0.2, -0.15) is 0 Å². The van der Waals surface area contributed by atoms with Crippen molar-refractivity contribution in [1.82, 2.24) is 0 Å². The molecule has 2 aromatic rings. The predicted octanol–water partition coefficient (Wildman–Crippen LogP) is 4.99. The maximum atomic E-state index is 13.1. The van der Waals surface area contributed by atoms with E-state index in [2.05, 4.69) is 26.1 Å². The molecule has 0 unspecified atom stereocenters. The van der Waals surface area contributed by atoms with Gasteiger partial charge in [-0.3, -0.25) is 19.3 Å². The SMILES string of the molecule is CCc1cccc(CC)c1NC(=O)c1cccc(N2C(=O)[C@H]3CC[C@@H](C)C[C@@H]3C2=O)c1. The van der Waals surface area contributed by atoms with Crippen molar-refractivity contribution >= 4 is 29.1 Å². The van der Waals surface area contributed by atoms with Crippen molar-refractivity contribution in [2.24, 2.45) is 17.8 Å². The number of anilines is 2. The van der Waals surface area contributed by atoms with E-state index in [1.165, 1.54) is 4.90 Å². The first-order valence-electron chi connectivity index (χ1n) is 11.3. The summed E-state index contributed by atoms with van der Waals surface area (Å²) >= 11 is 0. The fourth-order valence-corrected chi connectivity index (χ4v) is 5.02. The third kappa shape index (κ3) is 3.89. The molecule has 1 saturated carbocycles. The summed E-state index contributed by atoms with van der Waals surface area (Å²) in [6.45, 7) is 6.27. The third-order valence-electron chi connectivity index (χ3n) is 6.79. The summed E-state index contributed by atoms with van der Waals surface area (Å²) in [6.07, 6.45) is 4.15. The van der Waals surface area contributed by atoms with Gasteiger partial charge in [0.25, 0.3) is 5.91 Å². The Morgan fingerprint density at radius 2 is 1.61 bits per heavy atom. The van der Waals surface area contributed by atoms with Crippen LogP contribution in [0, 0.1) is 17.8 Å². The highest BCUT2D eigenvalue weighted by Gasteiger charge is 2.50. The number of para-hydroxylation sites is 1. The Hall–Kier alpha value is -2.95. The van der Waals surface area contributed by atoms with E-state index in [0.717, 1.165) is 48.9 Å². The summed E-state index contributed by atoms with van der Waals surface area (Å²) in [4.78, 5) is 40.4. The minimum absolute atomic E-state index is 0.121. The first-order valence-corrected chi connectivity index (χ1v) is 11.3. The number of carbonyl (C=O) groups is 3. The molecule has 1 heterocycles. The van der Waals surface area contributed by atoms with Gasteiger partial charge in [-0.1, -0.05) is 45.0 Å². The maximum absolute atomic E-state index is 13.1. The zero-order valence-electron chi connectivity index (χ0n) is 18.5. The molecule has 4 rings (SSSR count). The van der Waals surface area contributed by atoms with Crippen molar-refractivity contribution in [1.29, 1.82) is 0 Å². The standard InChI is InChI=1S/C26H30N2O3/c1-4-17-8-6-9-18(5-2)23(17)27-24(29)19-10-7-11-20(15-19)28-25(30)21-13-12-16(3)14-22(21)26(28)31/h6-11,15-16,21-22H,4-5,12-14H2,1-3H3,(H,27,29)/t16-,21+,22+/m1/s1. The molecule has 31 heavy (non-hydrogen) atoms. The normalized spacial score (nSPS) is 23.1. The Balaban J connectivity index is 1.60. The van der Waals surface area contributed by atoms with Crippen molar-refractivity contribution in [2.75, 3.05) is 10.2 Å². The Labute approximate surface area is 183 Å². The zero-order chi connectivity index (χ0) is 22.1. The van der Waals surface area contributed by atoms with Crippen molar-refractivity contribution in [2.45, 2.75) is 52.9 Å². The molecule has 1 aliphatic heterocycles. The van der Waals surface area contributed by atoms with E-state index < -0.39 is 0 Å². The van der Waals surface area contributed by atoms with E-state index >= 15 is 0 Å². The number of imide groups is 1. The molecule has 1 aliphatic carbocycles. The van der Waals surface area contributed by atoms with Crippen LogP contribution in [-0.2, 0) is 22.4 Å². The minimum atomic E-state index is -0.234. The van der Waals surface area contributed by atoms with Crippen molar-refractivity contribution in [3.8, 4) is 0 Å². The van der Waals surface area contributed by atoms with Crippen LogP contribution in [0.25, 0.3) is 0 Å². The van der Waals surface area contributed by atoms with Gasteiger partial charge in [0.2, 0.25) is 11.8 Å². The van der Waals surface area contributed by atoms with Crippen LogP contribution in [0.5, 0.6) is 0 Å². The number of carbonyl (C=O) groups excluding carboxylic acids is 3. The Bertz CT molecular complexity index is 1010. The zero-order valence-corrected chi connectivity index (χ0v) is 18.5. The third-order valence-corrected chi connectivity index (χ3v) is 6.79. The average molecular weight is 419 g/mol. The van der Waals surface area contributed by atoms with Gasteiger partial charge in [0.1, 0.15) is 0 Å². The molecular weight excluding hydrogens is 388 g/mol. The molecule has 0 spiro atoms. The summed E-state index contributed by atoms with van der Waals surface area (Å²) in [5, 5.41) is 3.07. The molecule has 3 amide bonds. The largest absolute Gasteiger partial charge is 0.321 e. The van der Waals surface area contributed by atoms with Crippen LogP contribution in [0.2, 0.25) is 0 Å². The summed E-state index contributed by atoms with van der Waals surface area (Å²) < 4.78 is 0. The number of fused-ring (bicyclic) bond motifs is 1. The lowest BCUT2D eigenvalue weighted by molar-refractivity contribution is -0.122. The molecule has 5 heteroatoms. The molecule has 5 nitrogen and oxygen atoms in total. The van der Waals surface area contributed by atoms with E-state index in [4.69, 9.17) is 0 Å². The van der Waals surface area contributed by atoms with E-state index in [-0.39, 0.29) is 29.6 Å². The van der Waals surface area contributed by atoms with Gasteiger partial charge in [-0.05, 0) is 67.3 Å². The Morgan fingerprint density at radius 1 is 0.968 bits per heavy atom. The molecule has 2 aliphatic rings. The number of nitrogens with one attached hydrogen (secondary N) is 1. The highest BCUT2D eigenvalue weighted by atomic mass is 16.2. The minimum Gasteiger partial charge on any atom is -0.321 e. The first kappa shape index (κ1) is 21.3. The summed E-state index contributed by atoms with van der Waals surface area (Å²) in [5.74, 6) is -0.459. The number of rotatable bonds is 5. The number of hydrogen-bond donors (Lipinski definition) is 1. The van der Waals surface area contributed by atoms with Crippen LogP contribution in [0.15, 0.2) is 42.5 Å². The molecule has 0 bridgehead atoms. The highest BCUT2D eigenvalue weighted by Crippen LogP contribution is 2.42. The van der Waals surface area contributed by atoms with Crippen molar-refractivity contribution in [3.63, 3.8) is 0 Å². The fourth-order valence-electron chi connectivity index (χ4n) is 5.02. The molecule has 1 saturated heterocycles. The number of amides is 3. The van der Waals surface area contributed by atoms with E-state index in [1.54, 1.807) is 24.3 Å². The van der Waals surface area contributed by atoms with Gasteiger partial charge < -0.3 is 5.32 Å². The van der Waals surface area contributed by atoms with Crippen molar-refractivity contribution in [3.05, 3.63) is 59.2 Å². The van der Waals surface area contributed by atoms with Gasteiger partial charge >= 0.3 is 0 Å². The van der Waals surface area contributed by atoms with Crippen LogP contribution in [-0.4, -0.2) is 17.7 Å². The first-order chi connectivity index (χ1) is 14.9. The van der Waals surface area contributed by atoms with Crippen LogP contribution in [0.4, 0.5) is 11.4 Å². The molecule has 0 aromatic heterocycles. The van der Waals surface area contributed by atoms with Crippen LogP contribution >= 0.6 is 0 Å². The molecular formula is C26H30N2O3. The number of hydrogen-bond acceptors (Lipinski definition) is 3. The molecule has 162 valence electrons. The average Bonchev–Trinajstić information content (AvgIpc) is 3.03. The van der Waals surface area contributed by atoms with E-state index in [1.807, 2.05) is 18.2 Å². The van der Waals surface area contributed by atoms with Gasteiger partial charge in [0, 0.05) is 11.3 Å². The fraction of sp³-hybridized carbons (Fsp3) is 0.423. The van der Waals surface area contributed by atoms with Gasteiger partial charge in [-0.25, -0.2) is 0 Å². The quantitative estimate of drug-likeness (QED) is 0.696. The molecule has 1 N–H and O–H groups in total. The topological polar surface area (TPSA) is 66.5 Å². The smallest absolute Gasteiger partial charge is 0.255 e. The lowest BCUT2D eigenvalue weighted by Crippen LogP contribution is -2.31. The molecule has 2 aromatic carbocycles. The van der Waals surface area contributed by atoms with Gasteiger partial charge in [0.05, 0.1) is 17.5 Å². The second kappa shape index (κ2) is 8.66. The number of benzene rings is 2. The van der Waals surface area contributed by atoms with Crippen LogP contribution in [0.3, 0.4) is 0 Å². The van der Waals surface area contributed by atoms with Crippen LogP contribution < -0.4 is 10.2 Å². The molecule has 3 atom stereocenters. The Kier molecular flexibility index (Phi) is 5.94. The summed E-state index contributed by atoms with van der Waals surface area (Å²) in [6, 6.07) is 12.9. The van der Waals surface area contributed by atoms with E-state index in [0.29, 0.717) is 17.2 Å². The monoisotopic (exact) mass is 418 g/mol. The maximum Gasteiger partial charge on any atom is 0.255 e.